The maximum Gasteiger partial charge on any atom is 0.196 e. The average molecular weight is 663 g/mol. The summed E-state index contributed by atoms with van der Waals surface area (Å²) in [6, 6.07) is 60.8. The Balaban J connectivity index is 1.25. The number of benzene rings is 7. The number of para-hydroxylation sites is 5. The van der Waals surface area contributed by atoms with Crippen LogP contribution in [0.4, 0.5) is 34.1 Å². The van der Waals surface area contributed by atoms with Gasteiger partial charge in [0.1, 0.15) is 5.25 Å². The molecule has 7 aromatic rings. The number of rotatable bonds is 2. The van der Waals surface area contributed by atoms with Crippen molar-refractivity contribution in [1.82, 2.24) is 0 Å². The zero-order chi connectivity index (χ0) is 32.8. The van der Waals surface area contributed by atoms with Crippen molar-refractivity contribution in [2.45, 2.75) is 21.0 Å². The van der Waals surface area contributed by atoms with Crippen molar-refractivity contribution in [2.75, 3.05) is 9.80 Å². The molecule has 2 fully saturated rings. The van der Waals surface area contributed by atoms with E-state index in [9.17, 15) is 0 Å². The molecule has 7 aromatic carbocycles. The minimum Gasteiger partial charge on any atom is -0.310 e. The lowest BCUT2D eigenvalue weighted by molar-refractivity contribution is 0.398. The number of anilines is 6. The van der Waals surface area contributed by atoms with Gasteiger partial charge < -0.3 is 9.80 Å². The average Bonchev–Trinajstić information content (AvgIpc) is 3.94. The number of fused-ring (bicyclic) bond motifs is 14. The predicted molar refractivity (Wildman–Crippen MR) is 201 cm³/mol. The van der Waals surface area contributed by atoms with Crippen molar-refractivity contribution in [3.63, 3.8) is 0 Å². The van der Waals surface area contributed by atoms with E-state index in [-0.39, 0.29) is 10.7 Å². The Morgan fingerprint density at radius 3 is 1.70 bits per heavy atom. The lowest BCUT2D eigenvalue weighted by Gasteiger charge is -2.45. The van der Waals surface area contributed by atoms with E-state index in [2.05, 4.69) is 180 Å². The minimum atomic E-state index is -3.56. The molecule has 1 aliphatic carbocycles. The fraction of sp³-hybridized carbons (Fsp3) is 0.0667. The minimum absolute atomic E-state index is 0.130. The molecule has 4 aliphatic heterocycles. The van der Waals surface area contributed by atoms with Crippen molar-refractivity contribution in [1.29, 1.82) is 0 Å². The summed E-state index contributed by atoms with van der Waals surface area (Å²) in [5.74, 6) is 0. The third kappa shape index (κ3) is 2.91. The summed E-state index contributed by atoms with van der Waals surface area (Å²) >= 11 is 0. The standard InChI is InChI=1S/C45H30N2O2S/c48-50-40-28-27-36-41(42(40)47(30-17-5-2-6-18-30)37-24-12-8-20-32(37)43(50)44(50)49-50)31-19-7-9-21-33(31)45(36)34-22-10-13-25-38(34)46(29-15-3-1-4-16-29)39-26-14-11-23-35(39)45/h1-28,43-44H. The van der Waals surface area contributed by atoms with Gasteiger partial charge in [-0.3, -0.25) is 4.18 Å². The summed E-state index contributed by atoms with van der Waals surface area (Å²) in [5.41, 5.74) is 13.9. The van der Waals surface area contributed by atoms with Gasteiger partial charge in [-0.2, -0.15) is 4.21 Å². The van der Waals surface area contributed by atoms with Crippen LogP contribution in [-0.2, 0) is 18.9 Å². The van der Waals surface area contributed by atoms with Crippen molar-refractivity contribution in [3.8, 4) is 11.1 Å². The molecule has 0 radical (unpaired) electrons. The van der Waals surface area contributed by atoms with E-state index in [1.54, 1.807) is 0 Å². The van der Waals surface area contributed by atoms with Gasteiger partial charge in [-0.25, -0.2) is 0 Å². The van der Waals surface area contributed by atoms with Crippen LogP contribution in [0.5, 0.6) is 0 Å². The van der Waals surface area contributed by atoms with Gasteiger partial charge in [-0.1, -0.05) is 121 Å². The first-order chi connectivity index (χ1) is 24.6. The highest BCUT2D eigenvalue weighted by Crippen LogP contribution is 2.88. The van der Waals surface area contributed by atoms with E-state index < -0.39 is 14.8 Å². The summed E-state index contributed by atoms with van der Waals surface area (Å²) in [6.07, 6.45) is 0. The first-order valence-corrected chi connectivity index (χ1v) is 19.3. The third-order valence-electron chi connectivity index (χ3n) is 11.8. The molecule has 2 saturated heterocycles. The molecule has 0 N–H and O–H groups in total. The van der Waals surface area contributed by atoms with E-state index in [4.69, 9.17) is 4.18 Å². The van der Waals surface area contributed by atoms with E-state index in [0.717, 1.165) is 55.7 Å². The van der Waals surface area contributed by atoms with Crippen LogP contribution in [0.3, 0.4) is 0 Å². The van der Waals surface area contributed by atoms with Gasteiger partial charge in [0.2, 0.25) is 0 Å². The SMILES string of the molecule is O=S123OC1C2c1ccccc1N(c1ccccc1)c1c3ccc2c1-c1ccccc1C21c2ccccc2N(c2ccccc2)c2ccccc21. The van der Waals surface area contributed by atoms with E-state index >= 15 is 4.21 Å². The second-order valence-corrected chi connectivity index (χ2v) is 17.5. The number of nitrogens with zero attached hydrogens (tertiary/aromatic N) is 2. The monoisotopic (exact) mass is 662 g/mol. The molecule has 50 heavy (non-hydrogen) atoms. The zero-order valence-corrected chi connectivity index (χ0v) is 27.8. The third-order valence-corrected chi connectivity index (χ3v) is 15.8. The van der Waals surface area contributed by atoms with Crippen molar-refractivity contribution >= 4 is 43.5 Å². The summed E-state index contributed by atoms with van der Waals surface area (Å²) in [5, 5.41) is -0.130. The molecule has 5 aliphatic rings. The van der Waals surface area contributed by atoms with Gasteiger partial charge in [0.15, 0.2) is 5.44 Å². The maximum absolute atomic E-state index is 15.6. The molecule has 0 amide bonds. The van der Waals surface area contributed by atoms with Crippen molar-refractivity contribution in [2.24, 2.45) is 0 Å². The number of hydrogen-bond donors (Lipinski definition) is 0. The Bertz CT molecular complexity index is 2640. The lowest BCUT2D eigenvalue weighted by atomic mass is 9.64. The summed E-state index contributed by atoms with van der Waals surface area (Å²) < 4.78 is 21.9. The smallest absolute Gasteiger partial charge is 0.196 e. The largest absolute Gasteiger partial charge is 0.310 e. The predicted octanol–water partition coefficient (Wildman–Crippen LogP) is 10.8. The Morgan fingerprint density at radius 2 is 1.04 bits per heavy atom. The van der Waals surface area contributed by atoms with Gasteiger partial charge in [-0.15, -0.1) is 9.35 Å². The molecular weight excluding hydrogens is 633 g/mol. The molecule has 0 bridgehead atoms. The fourth-order valence-electron chi connectivity index (χ4n) is 9.72. The van der Waals surface area contributed by atoms with Crippen LogP contribution >= 0.6 is 0 Å². The molecule has 0 aromatic heterocycles. The Morgan fingerprint density at radius 1 is 0.500 bits per heavy atom. The van der Waals surface area contributed by atoms with E-state index in [1.165, 1.54) is 22.3 Å². The van der Waals surface area contributed by atoms with Crippen LogP contribution in [-0.4, -0.2) is 9.64 Å². The quantitative estimate of drug-likeness (QED) is 0.173. The first-order valence-electron chi connectivity index (χ1n) is 17.2. The molecule has 4 heterocycles. The molecule has 2 atom stereocenters. The highest BCUT2D eigenvalue weighted by molar-refractivity contribution is 8.28. The molecule has 12 rings (SSSR count). The Hall–Kier alpha value is -5.75. The highest BCUT2D eigenvalue weighted by Gasteiger charge is 2.88. The lowest BCUT2D eigenvalue weighted by Crippen LogP contribution is -2.36. The van der Waals surface area contributed by atoms with Gasteiger partial charge in [-0.05, 0) is 76.3 Å². The summed E-state index contributed by atoms with van der Waals surface area (Å²) in [6.45, 7) is 0. The summed E-state index contributed by atoms with van der Waals surface area (Å²) in [7, 11) is -3.56. The molecule has 5 heteroatoms. The molecule has 2 spiro atoms. The van der Waals surface area contributed by atoms with Gasteiger partial charge in [0.05, 0.1) is 33.1 Å². The first kappa shape index (κ1) is 27.1. The molecular formula is C45H30N2O2S. The van der Waals surface area contributed by atoms with Gasteiger partial charge in [0, 0.05) is 22.5 Å². The van der Waals surface area contributed by atoms with E-state index in [0.29, 0.717) is 0 Å². The van der Waals surface area contributed by atoms with Crippen LogP contribution < -0.4 is 9.80 Å². The molecule has 4 nitrogen and oxygen atoms in total. The Kier molecular flexibility index (Phi) is 4.81. The summed E-state index contributed by atoms with van der Waals surface area (Å²) in [4.78, 5) is 5.61. The molecule has 0 saturated carbocycles. The van der Waals surface area contributed by atoms with Crippen molar-refractivity contribution in [3.05, 3.63) is 198 Å². The van der Waals surface area contributed by atoms with Crippen LogP contribution in [0.15, 0.2) is 175 Å². The topological polar surface area (TPSA) is 36.1 Å². The van der Waals surface area contributed by atoms with Crippen LogP contribution in [0.2, 0.25) is 0 Å². The van der Waals surface area contributed by atoms with Crippen molar-refractivity contribution < 1.29 is 8.39 Å². The maximum atomic E-state index is 15.6. The molecule has 2 unspecified atom stereocenters. The Labute approximate surface area is 290 Å². The molecule has 238 valence electrons. The normalized spacial score (nSPS) is 21.7. The number of hydrogen-bond acceptors (Lipinski definition) is 4. The highest BCUT2D eigenvalue weighted by atomic mass is 32.3. The van der Waals surface area contributed by atoms with E-state index in [1.807, 2.05) is 0 Å². The van der Waals surface area contributed by atoms with Gasteiger partial charge in [0.25, 0.3) is 0 Å². The second-order valence-electron chi connectivity index (χ2n) is 13.9. The fourth-order valence-corrected chi connectivity index (χ4v) is 14.0. The van der Waals surface area contributed by atoms with Crippen LogP contribution in [0, 0.1) is 0 Å². The zero-order valence-electron chi connectivity index (χ0n) is 26.9. The van der Waals surface area contributed by atoms with Crippen LogP contribution in [0.1, 0.15) is 33.1 Å². The van der Waals surface area contributed by atoms with Crippen LogP contribution in [0.25, 0.3) is 11.1 Å². The second kappa shape index (κ2) is 8.88. The van der Waals surface area contributed by atoms with Gasteiger partial charge >= 0.3 is 0 Å².